The summed E-state index contributed by atoms with van der Waals surface area (Å²) in [5, 5.41) is 3.20. The van der Waals surface area contributed by atoms with Crippen molar-refractivity contribution in [1.82, 2.24) is 4.98 Å². The lowest BCUT2D eigenvalue weighted by Gasteiger charge is -2.24. The predicted octanol–water partition coefficient (Wildman–Crippen LogP) is 1.86. The van der Waals surface area contributed by atoms with E-state index in [0.29, 0.717) is 30.3 Å². The molecule has 6 heteroatoms. The van der Waals surface area contributed by atoms with E-state index in [0.717, 1.165) is 12.8 Å². The molecule has 0 aromatic carbocycles. The Hall–Kier alpha value is -1.30. The Balaban J connectivity index is 2.06. The number of anilines is 1. The number of aromatic nitrogens is 1. The van der Waals surface area contributed by atoms with E-state index in [1.54, 1.807) is 6.20 Å². The Bertz CT molecular complexity index is 516. The lowest BCUT2D eigenvalue weighted by Crippen LogP contribution is -2.35. The smallest absolute Gasteiger partial charge is 0.168 e. The minimum absolute atomic E-state index is 0.0716. The summed E-state index contributed by atoms with van der Waals surface area (Å²) < 4.78 is 28.8. The first-order chi connectivity index (χ1) is 9.11. The van der Waals surface area contributed by atoms with Crippen molar-refractivity contribution in [2.24, 2.45) is 0 Å². The van der Waals surface area contributed by atoms with Crippen LogP contribution in [0, 0.1) is 0 Å². The van der Waals surface area contributed by atoms with Crippen LogP contribution in [0.4, 0.5) is 5.82 Å². The van der Waals surface area contributed by atoms with Gasteiger partial charge in [0, 0.05) is 12.2 Å². The first-order valence-corrected chi connectivity index (χ1v) is 8.47. The van der Waals surface area contributed by atoms with E-state index in [9.17, 15) is 8.42 Å². The Kier molecular flexibility index (Phi) is 4.63. The van der Waals surface area contributed by atoms with E-state index in [-0.39, 0.29) is 11.8 Å². The molecule has 5 nitrogen and oxygen atoms in total. The van der Waals surface area contributed by atoms with Crippen LogP contribution >= 0.6 is 0 Å². The molecule has 0 amide bonds. The van der Waals surface area contributed by atoms with Crippen LogP contribution < -0.4 is 10.1 Å². The maximum Gasteiger partial charge on any atom is 0.168 e. The number of hydrogen-bond donors (Lipinski definition) is 1. The van der Waals surface area contributed by atoms with E-state index >= 15 is 0 Å². The largest absolute Gasteiger partial charge is 0.490 e. The molecule has 1 saturated heterocycles. The first kappa shape index (κ1) is 14.1. The number of sulfone groups is 1. The molecule has 2 heterocycles. The Morgan fingerprint density at radius 2 is 2.37 bits per heavy atom. The Morgan fingerprint density at radius 3 is 3.11 bits per heavy atom. The molecule has 0 aliphatic carbocycles. The number of pyridine rings is 1. The zero-order valence-corrected chi connectivity index (χ0v) is 11.9. The van der Waals surface area contributed by atoms with Crippen LogP contribution in [0.2, 0.25) is 0 Å². The highest BCUT2D eigenvalue weighted by atomic mass is 32.2. The zero-order chi connectivity index (χ0) is 13.7. The molecule has 0 bridgehead atoms. The second kappa shape index (κ2) is 6.23. The van der Waals surface area contributed by atoms with Gasteiger partial charge in [0.1, 0.15) is 0 Å². The van der Waals surface area contributed by atoms with Crippen molar-refractivity contribution in [2.45, 2.75) is 32.2 Å². The van der Waals surface area contributed by atoms with Crippen LogP contribution in [-0.2, 0) is 9.84 Å². The minimum atomic E-state index is -2.91. The van der Waals surface area contributed by atoms with Crippen LogP contribution in [0.15, 0.2) is 18.3 Å². The molecule has 1 fully saturated rings. The lowest BCUT2D eigenvalue weighted by molar-refractivity contribution is 0.317. The van der Waals surface area contributed by atoms with Crippen LogP contribution in [0.3, 0.4) is 0 Å². The van der Waals surface area contributed by atoms with Gasteiger partial charge in [-0.1, -0.05) is 6.92 Å². The van der Waals surface area contributed by atoms with Crippen molar-refractivity contribution in [3.8, 4) is 5.75 Å². The molecule has 0 radical (unpaired) electrons. The maximum absolute atomic E-state index is 11.6. The molecule has 1 aliphatic heterocycles. The molecule has 1 atom stereocenters. The molecule has 1 aromatic rings. The van der Waals surface area contributed by atoms with Crippen molar-refractivity contribution >= 4 is 15.7 Å². The summed E-state index contributed by atoms with van der Waals surface area (Å²) in [5.74, 6) is 1.80. The number of ether oxygens (including phenoxy) is 1. The van der Waals surface area contributed by atoms with Crippen LogP contribution in [-0.4, -0.2) is 37.6 Å². The SMILES string of the molecule is CCCOc1cccnc1NC1CCCS(=O)(=O)C1. The average molecular weight is 284 g/mol. The van der Waals surface area contributed by atoms with Crippen molar-refractivity contribution in [2.75, 3.05) is 23.4 Å². The fourth-order valence-electron chi connectivity index (χ4n) is 2.16. The summed E-state index contributed by atoms with van der Waals surface area (Å²) in [6.45, 7) is 2.67. The third-order valence-corrected chi connectivity index (χ3v) is 4.86. The number of nitrogens with zero attached hydrogens (tertiary/aromatic N) is 1. The molecular weight excluding hydrogens is 264 g/mol. The Morgan fingerprint density at radius 1 is 1.53 bits per heavy atom. The molecule has 1 unspecified atom stereocenters. The average Bonchev–Trinajstić information content (AvgIpc) is 2.36. The summed E-state index contributed by atoms with van der Waals surface area (Å²) in [5.41, 5.74) is 0. The van der Waals surface area contributed by atoms with Gasteiger partial charge in [0.2, 0.25) is 0 Å². The fourth-order valence-corrected chi connectivity index (χ4v) is 3.79. The molecule has 1 N–H and O–H groups in total. The fraction of sp³-hybridized carbons (Fsp3) is 0.615. The summed E-state index contributed by atoms with van der Waals surface area (Å²) in [7, 11) is -2.91. The van der Waals surface area contributed by atoms with Gasteiger partial charge in [-0.3, -0.25) is 0 Å². The van der Waals surface area contributed by atoms with Crippen molar-refractivity contribution in [3.05, 3.63) is 18.3 Å². The van der Waals surface area contributed by atoms with Crippen LogP contribution in [0.1, 0.15) is 26.2 Å². The van der Waals surface area contributed by atoms with Gasteiger partial charge in [0.05, 0.1) is 18.1 Å². The van der Waals surface area contributed by atoms with Gasteiger partial charge in [-0.25, -0.2) is 13.4 Å². The van der Waals surface area contributed by atoms with Gasteiger partial charge in [0.15, 0.2) is 21.4 Å². The molecule has 0 spiro atoms. The molecular formula is C13H20N2O3S. The number of rotatable bonds is 5. The predicted molar refractivity (Wildman–Crippen MR) is 75.3 cm³/mol. The summed E-state index contributed by atoms with van der Waals surface area (Å²) >= 11 is 0. The highest BCUT2D eigenvalue weighted by Crippen LogP contribution is 2.24. The van der Waals surface area contributed by atoms with Gasteiger partial charge < -0.3 is 10.1 Å². The summed E-state index contributed by atoms with van der Waals surface area (Å²) in [6, 6.07) is 3.59. The van der Waals surface area contributed by atoms with E-state index in [1.807, 2.05) is 19.1 Å². The van der Waals surface area contributed by atoms with Crippen molar-refractivity contribution in [3.63, 3.8) is 0 Å². The van der Waals surface area contributed by atoms with E-state index in [2.05, 4.69) is 10.3 Å². The second-order valence-corrected chi connectivity index (χ2v) is 7.03. The minimum Gasteiger partial charge on any atom is -0.490 e. The summed E-state index contributed by atoms with van der Waals surface area (Å²) in [4.78, 5) is 4.24. The van der Waals surface area contributed by atoms with Gasteiger partial charge >= 0.3 is 0 Å². The molecule has 106 valence electrons. The first-order valence-electron chi connectivity index (χ1n) is 6.65. The third kappa shape index (κ3) is 4.09. The third-order valence-electron chi connectivity index (χ3n) is 3.04. The molecule has 19 heavy (non-hydrogen) atoms. The topological polar surface area (TPSA) is 68.3 Å². The van der Waals surface area contributed by atoms with Gasteiger partial charge in [-0.15, -0.1) is 0 Å². The molecule has 1 aromatic heterocycles. The van der Waals surface area contributed by atoms with E-state index in [4.69, 9.17) is 4.74 Å². The number of hydrogen-bond acceptors (Lipinski definition) is 5. The molecule has 2 rings (SSSR count). The maximum atomic E-state index is 11.6. The second-order valence-electron chi connectivity index (χ2n) is 4.80. The van der Waals surface area contributed by atoms with E-state index in [1.165, 1.54) is 0 Å². The van der Waals surface area contributed by atoms with Crippen molar-refractivity contribution < 1.29 is 13.2 Å². The monoisotopic (exact) mass is 284 g/mol. The van der Waals surface area contributed by atoms with Gasteiger partial charge in [0.25, 0.3) is 0 Å². The Labute approximate surface area is 114 Å². The normalized spacial score (nSPS) is 21.8. The highest BCUT2D eigenvalue weighted by Gasteiger charge is 2.25. The molecule has 1 aliphatic rings. The lowest BCUT2D eigenvalue weighted by atomic mass is 10.2. The number of nitrogens with one attached hydrogen (secondary N) is 1. The quantitative estimate of drug-likeness (QED) is 0.894. The highest BCUT2D eigenvalue weighted by molar-refractivity contribution is 7.91. The summed E-state index contributed by atoms with van der Waals surface area (Å²) in [6.07, 6.45) is 4.16. The standard InChI is InChI=1S/C13H20N2O3S/c1-2-8-18-12-6-3-7-14-13(12)15-11-5-4-9-19(16,17)10-11/h3,6-7,11H,2,4-5,8-10H2,1H3,(H,14,15). The zero-order valence-electron chi connectivity index (χ0n) is 11.1. The van der Waals surface area contributed by atoms with Crippen LogP contribution in [0.5, 0.6) is 5.75 Å². The molecule has 0 saturated carbocycles. The van der Waals surface area contributed by atoms with E-state index < -0.39 is 9.84 Å². The van der Waals surface area contributed by atoms with Crippen molar-refractivity contribution in [1.29, 1.82) is 0 Å². The van der Waals surface area contributed by atoms with Gasteiger partial charge in [-0.05, 0) is 31.4 Å². The van der Waals surface area contributed by atoms with Gasteiger partial charge in [-0.2, -0.15) is 0 Å². The van der Waals surface area contributed by atoms with Crippen LogP contribution in [0.25, 0.3) is 0 Å².